The van der Waals surface area contributed by atoms with Crippen molar-refractivity contribution in [2.45, 2.75) is 25.5 Å². The number of hydrogen-bond acceptors (Lipinski definition) is 8. The van der Waals surface area contributed by atoms with Gasteiger partial charge in [-0.05, 0) is 72.6 Å². The van der Waals surface area contributed by atoms with E-state index < -0.39 is 28.9 Å². The van der Waals surface area contributed by atoms with Crippen molar-refractivity contribution in [2.75, 3.05) is 16.6 Å². The summed E-state index contributed by atoms with van der Waals surface area (Å²) in [7, 11) is 0. The summed E-state index contributed by atoms with van der Waals surface area (Å²) in [5, 5.41) is 12.7. The molecule has 0 spiro atoms. The molecule has 0 bridgehead atoms. The molecule has 2 amide bonds. The van der Waals surface area contributed by atoms with Gasteiger partial charge in [0.2, 0.25) is 5.91 Å². The number of para-hydroxylation sites is 1. The number of hydroxylamine groups is 1. The number of anilines is 2. The molecule has 202 valence electrons. The van der Waals surface area contributed by atoms with E-state index in [0.29, 0.717) is 18.0 Å². The first-order chi connectivity index (χ1) is 19.5. The molecule has 3 aromatic carbocycles. The number of thiophene rings is 1. The Balaban J connectivity index is 1.34. The van der Waals surface area contributed by atoms with Gasteiger partial charge in [0.1, 0.15) is 17.7 Å². The second-order valence-electron chi connectivity index (χ2n) is 9.52. The molecule has 0 unspecified atom stereocenters. The summed E-state index contributed by atoms with van der Waals surface area (Å²) < 4.78 is 5.64. The van der Waals surface area contributed by atoms with E-state index in [1.807, 2.05) is 49.4 Å². The van der Waals surface area contributed by atoms with Crippen LogP contribution in [0.5, 0.6) is 5.75 Å². The van der Waals surface area contributed by atoms with Gasteiger partial charge in [-0.25, -0.2) is 9.96 Å². The fourth-order valence-corrected chi connectivity index (χ4v) is 6.23. The summed E-state index contributed by atoms with van der Waals surface area (Å²) in [6.45, 7) is 2.60. The molecule has 9 nitrogen and oxygen atoms in total. The number of ether oxygens (including phenoxy) is 1. The van der Waals surface area contributed by atoms with Gasteiger partial charge in [0, 0.05) is 21.9 Å². The Hall–Kier alpha value is -4.54. The van der Waals surface area contributed by atoms with Crippen LogP contribution >= 0.6 is 11.3 Å². The van der Waals surface area contributed by atoms with Crippen LogP contribution in [0.3, 0.4) is 0 Å². The highest BCUT2D eigenvalue weighted by molar-refractivity contribution is 7.15. The molecule has 2 saturated heterocycles. The minimum Gasteiger partial charge on any atom is -0.494 e. The van der Waals surface area contributed by atoms with Crippen LogP contribution < -0.4 is 14.7 Å². The van der Waals surface area contributed by atoms with Crippen molar-refractivity contribution >= 4 is 40.2 Å². The third kappa shape index (κ3) is 4.51. The van der Waals surface area contributed by atoms with Crippen molar-refractivity contribution in [1.29, 1.82) is 0 Å². The third-order valence-electron chi connectivity index (χ3n) is 6.97. The molecule has 6 rings (SSSR count). The van der Waals surface area contributed by atoms with Crippen molar-refractivity contribution in [2.24, 2.45) is 5.92 Å². The molecule has 3 atom stereocenters. The summed E-state index contributed by atoms with van der Waals surface area (Å²) >= 11 is 1.46. The van der Waals surface area contributed by atoms with Gasteiger partial charge < -0.3 is 4.74 Å². The number of nitrogens with zero attached hydrogens (tertiary/aromatic N) is 3. The number of nitro groups is 1. The molecule has 4 aromatic rings. The lowest BCUT2D eigenvalue weighted by molar-refractivity contribution is -0.384. The molecule has 0 N–H and O–H groups in total. The van der Waals surface area contributed by atoms with Gasteiger partial charge in [-0.3, -0.25) is 24.5 Å². The number of benzene rings is 3. The van der Waals surface area contributed by atoms with E-state index in [2.05, 4.69) is 0 Å². The first-order valence-electron chi connectivity index (χ1n) is 12.9. The minimum atomic E-state index is -0.973. The molecule has 0 saturated carbocycles. The van der Waals surface area contributed by atoms with Gasteiger partial charge in [-0.2, -0.15) is 0 Å². The lowest BCUT2D eigenvalue weighted by atomic mass is 9.95. The van der Waals surface area contributed by atoms with Gasteiger partial charge in [-0.1, -0.05) is 25.1 Å². The van der Waals surface area contributed by atoms with Crippen LogP contribution in [0.25, 0.3) is 10.4 Å². The molecular weight excluding hydrogens is 530 g/mol. The average molecular weight is 556 g/mol. The van der Waals surface area contributed by atoms with Crippen molar-refractivity contribution in [3.8, 4) is 16.2 Å². The van der Waals surface area contributed by atoms with E-state index in [1.165, 1.54) is 28.4 Å². The Kier molecular flexibility index (Phi) is 6.79. The zero-order valence-corrected chi connectivity index (χ0v) is 22.3. The molecule has 0 radical (unpaired) electrons. The van der Waals surface area contributed by atoms with Gasteiger partial charge >= 0.3 is 0 Å². The topological polar surface area (TPSA) is 102 Å². The molecular formula is C30H25N3O6S. The molecule has 2 aliphatic heterocycles. The maximum Gasteiger partial charge on any atom is 0.269 e. The standard InChI is InChI=1S/C30H25N3O6S/c1-2-18-38-23-14-12-20(13-15-23)31-29(34)26-27(32(39-28(26)30(31)35)21-6-4-3-5-7-21)25-17-16-24(40-25)19-8-10-22(11-9-19)33(36)37/h3-17,26-28H,2,18H2,1H3/t26-,27-,28-/m1/s1. The number of amides is 2. The lowest BCUT2D eigenvalue weighted by Crippen LogP contribution is -2.37. The van der Waals surface area contributed by atoms with Gasteiger partial charge in [0.05, 0.1) is 22.9 Å². The predicted molar refractivity (Wildman–Crippen MR) is 151 cm³/mol. The van der Waals surface area contributed by atoms with Gasteiger partial charge in [0.25, 0.3) is 11.6 Å². The highest BCUT2D eigenvalue weighted by atomic mass is 32.1. The first-order valence-corrected chi connectivity index (χ1v) is 13.7. The number of imide groups is 1. The van der Waals surface area contributed by atoms with Crippen molar-refractivity contribution in [3.05, 3.63) is 106 Å². The largest absolute Gasteiger partial charge is 0.494 e. The SMILES string of the molecule is CCCOc1ccc(N2C(=O)[C@@H]3[C@@H](c4ccc(-c5ccc([N+](=O)[O-])cc5)s4)N(c4ccccc4)O[C@H]3C2=O)cc1. The monoisotopic (exact) mass is 555 g/mol. The average Bonchev–Trinajstić information content (AvgIpc) is 3.68. The van der Waals surface area contributed by atoms with Crippen molar-refractivity contribution in [3.63, 3.8) is 0 Å². The smallest absolute Gasteiger partial charge is 0.269 e. The Morgan fingerprint density at radius 1 is 0.900 bits per heavy atom. The van der Waals surface area contributed by atoms with E-state index in [4.69, 9.17) is 9.57 Å². The highest BCUT2D eigenvalue weighted by Crippen LogP contribution is 2.50. The second-order valence-corrected chi connectivity index (χ2v) is 10.6. The number of nitro benzene ring substituents is 1. The Bertz CT molecular complexity index is 1550. The molecule has 2 aliphatic rings. The second kappa shape index (κ2) is 10.6. The summed E-state index contributed by atoms with van der Waals surface area (Å²) in [5.74, 6) is -0.822. The molecule has 1 aromatic heterocycles. The number of fused-ring (bicyclic) bond motifs is 1. The lowest BCUT2D eigenvalue weighted by Gasteiger charge is -2.27. The number of carbonyl (C=O) groups is 2. The van der Waals surface area contributed by atoms with Crippen LogP contribution in [0.15, 0.2) is 91.0 Å². The Morgan fingerprint density at radius 3 is 2.30 bits per heavy atom. The maximum absolute atomic E-state index is 13.9. The minimum absolute atomic E-state index is 0.0166. The van der Waals surface area contributed by atoms with Crippen molar-refractivity contribution < 1.29 is 24.1 Å². The summed E-state index contributed by atoms with van der Waals surface area (Å²) in [6, 6.07) is 26.0. The van der Waals surface area contributed by atoms with Gasteiger partial charge in [-0.15, -0.1) is 11.3 Å². The number of non-ortho nitro benzene ring substituents is 1. The van der Waals surface area contributed by atoms with Crippen LogP contribution in [0.4, 0.5) is 17.1 Å². The predicted octanol–water partition coefficient (Wildman–Crippen LogP) is 6.16. The fourth-order valence-electron chi connectivity index (χ4n) is 5.08. The van der Waals surface area contributed by atoms with Crippen LogP contribution in [0.2, 0.25) is 0 Å². The normalized spacial score (nSPS) is 20.2. The van der Waals surface area contributed by atoms with Gasteiger partial charge in [0.15, 0.2) is 6.10 Å². The number of rotatable bonds is 8. The molecule has 3 heterocycles. The van der Waals surface area contributed by atoms with Crippen LogP contribution in [-0.4, -0.2) is 29.4 Å². The third-order valence-corrected chi connectivity index (χ3v) is 8.18. The highest BCUT2D eigenvalue weighted by Gasteiger charge is 2.60. The van der Waals surface area contributed by atoms with E-state index in [0.717, 1.165) is 27.4 Å². The number of hydrogen-bond donors (Lipinski definition) is 0. The quantitative estimate of drug-likeness (QED) is 0.146. The van der Waals surface area contributed by atoms with Crippen molar-refractivity contribution in [1.82, 2.24) is 0 Å². The molecule has 40 heavy (non-hydrogen) atoms. The van der Waals surface area contributed by atoms with E-state index >= 15 is 0 Å². The Labute approximate surface area is 234 Å². The van der Waals surface area contributed by atoms with E-state index in [9.17, 15) is 19.7 Å². The number of carbonyl (C=O) groups excluding carboxylic acids is 2. The zero-order chi connectivity index (χ0) is 27.8. The fraction of sp³-hybridized carbons (Fsp3) is 0.200. The first kappa shape index (κ1) is 25.7. The van der Waals surface area contributed by atoms with E-state index in [1.54, 1.807) is 41.5 Å². The molecule has 10 heteroatoms. The maximum atomic E-state index is 13.9. The van der Waals surface area contributed by atoms with Crippen LogP contribution in [0, 0.1) is 16.0 Å². The van der Waals surface area contributed by atoms with Crippen LogP contribution in [0.1, 0.15) is 24.3 Å². The Morgan fingerprint density at radius 2 is 1.62 bits per heavy atom. The van der Waals surface area contributed by atoms with Crippen LogP contribution in [-0.2, 0) is 14.4 Å². The summed E-state index contributed by atoms with van der Waals surface area (Å²) in [6.07, 6.45) is -0.0990. The zero-order valence-electron chi connectivity index (χ0n) is 21.5. The summed E-state index contributed by atoms with van der Waals surface area (Å²) in [5.41, 5.74) is 2.05. The molecule has 2 fully saturated rings. The molecule has 0 aliphatic carbocycles. The van der Waals surface area contributed by atoms with E-state index in [-0.39, 0.29) is 11.6 Å². The summed E-state index contributed by atoms with van der Waals surface area (Å²) in [4.78, 5) is 47.3.